The molecule has 2 aliphatic rings. The molecule has 1 aromatic rings. The van der Waals surface area contributed by atoms with Crippen molar-refractivity contribution in [2.45, 2.75) is 19.3 Å². The van der Waals surface area contributed by atoms with Gasteiger partial charge in [0.25, 0.3) is 0 Å². The highest BCUT2D eigenvalue weighted by Crippen LogP contribution is 2.34. The molecule has 0 spiro atoms. The van der Waals surface area contributed by atoms with E-state index in [1.165, 1.54) is 0 Å². The maximum Gasteiger partial charge on any atom is 0.231 e. The third-order valence-electron chi connectivity index (χ3n) is 3.28. The number of rotatable bonds is 2. The molecule has 1 heterocycles. The van der Waals surface area contributed by atoms with Gasteiger partial charge in [0, 0.05) is 17.7 Å². The van der Waals surface area contributed by atoms with Crippen LogP contribution in [0.4, 0.5) is 5.69 Å². The maximum absolute atomic E-state index is 12.1. The van der Waals surface area contributed by atoms with Crippen LogP contribution < -0.4 is 14.8 Å². The summed E-state index contributed by atoms with van der Waals surface area (Å²) in [5, 5.41) is 2.93. The van der Waals surface area contributed by atoms with Crippen molar-refractivity contribution in [3.8, 4) is 11.5 Å². The molecule has 1 atom stereocenters. The molecule has 4 nitrogen and oxygen atoms in total. The van der Waals surface area contributed by atoms with Crippen molar-refractivity contribution in [1.29, 1.82) is 0 Å². The molecule has 1 N–H and O–H groups in total. The van der Waals surface area contributed by atoms with Gasteiger partial charge in [-0.3, -0.25) is 4.79 Å². The molecule has 18 heavy (non-hydrogen) atoms. The van der Waals surface area contributed by atoms with Crippen LogP contribution in [-0.4, -0.2) is 12.7 Å². The summed E-state index contributed by atoms with van der Waals surface area (Å²) in [6.45, 7) is 0.250. The molecule has 1 aliphatic heterocycles. The third kappa shape index (κ3) is 2.18. The lowest BCUT2D eigenvalue weighted by Crippen LogP contribution is -2.23. The highest BCUT2D eigenvalue weighted by Gasteiger charge is 2.20. The molecule has 1 unspecified atom stereocenters. The second kappa shape index (κ2) is 4.72. The van der Waals surface area contributed by atoms with Crippen molar-refractivity contribution in [2.24, 2.45) is 5.92 Å². The predicted octanol–water partition coefficient (Wildman–Crippen LogP) is 2.71. The van der Waals surface area contributed by atoms with E-state index in [4.69, 9.17) is 9.47 Å². The van der Waals surface area contributed by atoms with Crippen molar-refractivity contribution >= 4 is 11.6 Å². The number of ether oxygens (including phenoxy) is 2. The second-order valence-electron chi connectivity index (χ2n) is 4.54. The SMILES string of the molecule is O=C(Nc1ccc2c(c1)OCO2)C1CC=CCC1. The van der Waals surface area contributed by atoms with Crippen molar-refractivity contribution in [2.75, 3.05) is 12.1 Å². The largest absolute Gasteiger partial charge is 0.454 e. The van der Waals surface area contributed by atoms with E-state index in [9.17, 15) is 4.79 Å². The predicted molar refractivity (Wildman–Crippen MR) is 67.7 cm³/mol. The lowest BCUT2D eigenvalue weighted by atomic mass is 9.93. The minimum absolute atomic E-state index is 0.0817. The monoisotopic (exact) mass is 245 g/mol. The number of carbonyl (C=O) groups excluding carboxylic acids is 1. The summed E-state index contributed by atoms with van der Waals surface area (Å²) in [6.07, 6.45) is 6.94. The molecular weight excluding hydrogens is 230 g/mol. The fourth-order valence-electron chi connectivity index (χ4n) is 2.25. The van der Waals surface area contributed by atoms with Crippen LogP contribution in [0.5, 0.6) is 11.5 Å². The number of amides is 1. The molecule has 0 radical (unpaired) electrons. The van der Waals surface area contributed by atoms with Gasteiger partial charge < -0.3 is 14.8 Å². The van der Waals surface area contributed by atoms with Crippen LogP contribution in [0, 0.1) is 5.92 Å². The van der Waals surface area contributed by atoms with Crippen molar-refractivity contribution < 1.29 is 14.3 Å². The van der Waals surface area contributed by atoms with Crippen LogP contribution in [0.1, 0.15) is 19.3 Å². The molecule has 0 aromatic heterocycles. The first-order chi connectivity index (χ1) is 8.83. The Kier molecular flexibility index (Phi) is 2.92. The number of carbonyl (C=O) groups is 1. The van der Waals surface area contributed by atoms with E-state index in [0.29, 0.717) is 5.75 Å². The fourth-order valence-corrected chi connectivity index (χ4v) is 2.25. The van der Waals surface area contributed by atoms with Gasteiger partial charge in [-0.1, -0.05) is 12.2 Å². The second-order valence-corrected chi connectivity index (χ2v) is 4.54. The van der Waals surface area contributed by atoms with Crippen LogP contribution in [0.3, 0.4) is 0 Å². The summed E-state index contributed by atoms with van der Waals surface area (Å²) in [4.78, 5) is 12.1. The molecule has 1 aliphatic carbocycles. The normalized spacial score (nSPS) is 20.8. The number of allylic oxidation sites excluding steroid dienone is 2. The van der Waals surface area contributed by atoms with Crippen LogP contribution >= 0.6 is 0 Å². The Balaban J connectivity index is 1.68. The highest BCUT2D eigenvalue weighted by molar-refractivity contribution is 5.93. The van der Waals surface area contributed by atoms with Crippen LogP contribution in [0.15, 0.2) is 30.4 Å². The average molecular weight is 245 g/mol. The topological polar surface area (TPSA) is 47.6 Å². The van der Waals surface area contributed by atoms with Gasteiger partial charge >= 0.3 is 0 Å². The molecule has 1 aromatic carbocycles. The quantitative estimate of drug-likeness (QED) is 0.815. The number of benzene rings is 1. The van der Waals surface area contributed by atoms with E-state index < -0.39 is 0 Å². The van der Waals surface area contributed by atoms with Gasteiger partial charge in [0.15, 0.2) is 11.5 Å². The maximum atomic E-state index is 12.1. The van der Waals surface area contributed by atoms with Gasteiger partial charge in [-0.05, 0) is 31.4 Å². The molecule has 0 saturated heterocycles. The minimum atomic E-state index is 0.0817. The van der Waals surface area contributed by atoms with E-state index in [-0.39, 0.29) is 18.6 Å². The first kappa shape index (κ1) is 11.1. The Morgan fingerprint density at radius 1 is 1.22 bits per heavy atom. The van der Waals surface area contributed by atoms with Crippen molar-refractivity contribution in [3.63, 3.8) is 0 Å². The Labute approximate surface area is 106 Å². The first-order valence-electron chi connectivity index (χ1n) is 6.18. The number of hydrogen-bond donors (Lipinski definition) is 1. The molecular formula is C14H15NO3. The van der Waals surface area contributed by atoms with Crippen LogP contribution in [0.25, 0.3) is 0 Å². The van der Waals surface area contributed by atoms with Gasteiger partial charge in [0.2, 0.25) is 12.7 Å². The molecule has 4 heteroatoms. The van der Waals surface area contributed by atoms with Gasteiger partial charge in [0.1, 0.15) is 0 Å². The number of anilines is 1. The zero-order valence-electron chi connectivity index (χ0n) is 10.0. The number of hydrogen-bond acceptors (Lipinski definition) is 3. The minimum Gasteiger partial charge on any atom is -0.454 e. The van der Waals surface area contributed by atoms with Gasteiger partial charge in [0.05, 0.1) is 0 Å². The number of nitrogens with one attached hydrogen (secondary N) is 1. The van der Waals surface area contributed by atoms with Crippen molar-refractivity contribution in [3.05, 3.63) is 30.4 Å². The van der Waals surface area contributed by atoms with E-state index in [0.717, 1.165) is 30.7 Å². The molecule has 94 valence electrons. The fraction of sp³-hybridized carbons (Fsp3) is 0.357. The van der Waals surface area contributed by atoms with E-state index in [2.05, 4.69) is 17.5 Å². The zero-order chi connectivity index (χ0) is 12.4. The molecule has 0 fully saturated rings. The smallest absolute Gasteiger partial charge is 0.231 e. The summed E-state index contributed by atoms with van der Waals surface area (Å²) in [5.41, 5.74) is 0.763. The van der Waals surface area contributed by atoms with E-state index in [1.54, 1.807) is 6.07 Å². The lowest BCUT2D eigenvalue weighted by molar-refractivity contribution is -0.120. The van der Waals surface area contributed by atoms with Crippen LogP contribution in [-0.2, 0) is 4.79 Å². The summed E-state index contributed by atoms with van der Waals surface area (Å²) < 4.78 is 10.5. The van der Waals surface area contributed by atoms with Gasteiger partial charge in [-0.25, -0.2) is 0 Å². The standard InChI is InChI=1S/C14H15NO3/c16-14(10-4-2-1-3-5-10)15-11-6-7-12-13(8-11)18-9-17-12/h1-2,6-8,10H,3-5,9H2,(H,15,16). The lowest BCUT2D eigenvalue weighted by Gasteiger charge is -2.17. The highest BCUT2D eigenvalue weighted by atomic mass is 16.7. The summed E-state index contributed by atoms with van der Waals surface area (Å²) >= 11 is 0. The molecule has 0 bridgehead atoms. The Hall–Kier alpha value is -1.97. The van der Waals surface area contributed by atoms with E-state index in [1.807, 2.05) is 12.1 Å². The Morgan fingerprint density at radius 2 is 2.11 bits per heavy atom. The third-order valence-corrected chi connectivity index (χ3v) is 3.28. The zero-order valence-corrected chi connectivity index (χ0v) is 10.0. The number of fused-ring (bicyclic) bond motifs is 1. The molecule has 1 amide bonds. The average Bonchev–Trinajstić information content (AvgIpc) is 2.87. The summed E-state index contributed by atoms with van der Waals surface area (Å²) in [6, 6.07) is 5.46. The molecule has 0 saturated carbocycles. The first-order valence-corrected chi connectivity index (χ1v) is 6.18. The Bertz CT molecular complexity index is 496. The molecule has 3 rings (SSSR count). The Morgan fingerprint density at radius 3 is 2.94 bits per heavy atom. The summed E-state index contributed by atoms with van der Waals surface area (Å²) in [7, 11) is 0. The van der Waals surface area contributed by atoms with Gasteiger partial charge in [-0.15, -0.1) is 0 Å². The van der Waals surface area contributed by atoms with E-state index >= 15 is 0 Å². The van der Waals surface area contributed by atoms with Crippen LogP contribution in [0.2, 0.25) is 0 Å². The van der Waals surface area contributed by atoms with Crippen molar-refractivity contribution in [1.82, 2.24) is 0 Å². The van der Waals surface area contributed by atoms with Gasteiger partial charge in [-0.2, -0.15) is 0 Å². The summed E-state index contributed by atoms with van der Waals surface area (Å²) in [5.74, 6) is 1.59.